The molecule has 1 aromatic heterocycles. The number of nitrogens with two attached hydrogens (primary N) is 1. The summed E-state index contributed by atoms with van der Waals surface area (Å²) in [5, 5.41) is 0. The summed E-state index contributed by atoms with van der Waals surface area (Å²) in [5.74, 6) is 0.717. The van der Waals surface area contributed by atoms with Crippen molar-refractivity contribution in [1.82, 2.24) is 4.98 Å². The van der Waals surface area contributed by atoms with E-state index in [9.17, 15) is 4.39 Å². The number of alkyl halides is 1. The van der Waals surface area contributed by atoms with Gasteiger partial charge in [0.1, 0.15) is 6.17 Å². The zero-order valence-electron chi connectivity index (χ0n) is 7.99. The highest BCUT2D eigenvalue weighted by Gasteiger charge is 2.21. The molecule has 4 heteroatoms. The summed E-state index contributed by atoms with van der Waals surface area (Å²) in [6.45, 7) is 1.27. The lowest BCUT2D eigenvalue weighted by Gasteiger charge is -2.30. The van der Waals surface area contributed by atoms with Crippen molar-refractivity contribution >= 4 is 11.5 Å². The normalized spacial score (nSPS) is 22.4. The molecule has 2 N–H and O–H groups in total. The number of nitrogens with zero attached hydrogens (tertiary/aromatic N) is 2. The number of anilines is 2. The summed E-state index contributed by atoms with van der Waals surface area (Å²) >= 11 is 0. The second-order valence-electron chi connectivity index (χ2n) is 3.60. The second kappa shape index (κ2) is 3.82. The molecule has 3 nitrogen and oxygen atoms in total. The summed E-state index contributed by atoms with van der Waals surface area (Å²) in [7, 11) is 0. The van der Waals surface area contributed by atoms with Gasteiger partial charge >= 0.3 is 0 Å². The van der Waals surface area contributed by atoms with Gasteiger partial charge in [-0.2, -0.15) is 0 Å². The number of aromatic nitrogens is 1. The van der Waals surface area contributed by atoms with Gasteiger partial charge in [0.15, 0.2) is 5.82 Å². The molecule has 14 heavy (non-hydrogen) atoms. The summed E-state index contributed by atoms with van der Waals surface area (Å²) in [5.41, 5.74) is 6.40. The Morgan fingerprint density at radius 3 is 3.14 bits per heavy atom. The van der Waals surface area contributed by atoms with Crippen LogP contribution in [0.2, 0.25) is 0 Å². The molecule has 1 saturated heterocycles. The van der Waals surface area contributed by atoms with Gasteiger partial charge in [0, 0.05) is 12.7 Å². The van der Waals surface area contributed by atoms with E-state index >= 15 is 0 Å². The first kappa shape index (κ1) is 9.24. The van der Waals surface area contributed by atoms with E-state index in [2.05, 4.69) is 4.98 Å². The Bertz CT molecular complexity index is 316. The average molecular weight is 195 g/mol. The number of nitrogen functional groups attached to an aromatic ring is 1. The Labute approximate surface area is 82.7 Å². The third kappa shape index (κ3) is 1.78. The van der Waals surface area contributed by atoms with E-state index < -0.39 is 6.17 Å². The van der Waals surface area contributed by atoms with Crippen molar-refractivity contribution < 1.29 is 4.39 Å². The van der Waals surface area contributed by atoms with Crippen LogP contribution < -0.4 is 10.6 Å². The summed E-state index contributed by atoms with van der Waals surface area (Å²) < 4.78 is 13.1. The third-order valence-corrected chi connectivity index (χ3v) is 2.48. The van der Waals surface area contributed by atoms with Gasteiger partial charge in [0.05, 0.1) is 12.2 Å². The number of rotatable bonds is 1. The molecule has 1 atom stereocenters. The molecule has 1 fully saturated rings. The molecule has 0 saturated carbocycles. The highest BCUT2D eigenvalue weighted by molar-refractivity contribution is 5.62. The predicted molar refractivity (Wildman–Crippen MR) is 55.0 cm³/mol. The zero-order chi connectivity index (χ0) is 9.97. The lowest BCUT2D eigenvalue weighted by atomic mass is 10.1. The van der Waals surface area contributed by atoms with Crippen molar-refractivity contribution in [2.24, 2.45) is 0 Å². The van der Waals surface area contributed by atoms with Crippen LogP contribution in [0.5, 0.6) is 0 Å². The number of hydrogen-bond donors (Lipinski definition) is 1. The molecule has 0 amide bonds. The first-order valence-corrected chi connectivity index (χ1v) is 4.87. The zero-order valence-corrected chi connectivity index (χ0v) is 7.99. The lowest BCUT2D eigenvalue weighted by molar-refractivity contribution is 0.286. The van der Waals surface area contributed by atoms with Crippen LogP contribution in [0, 0.1) is 0 Å². The average Bonchev–Trinajstić information content (AvgIpc) is 2.18. The molecule has 0 aromatic carbocycles. The van der Waals surface area contributed by atoms with Crippen LogP contribution in [0.3, 0.4) is 0 Å². The first-order valence-electron chi connectivity index (χ1n) is 4.87. The fourth-order valence-corrected chi connectivity index (χ4v) is 1.79. The molecule has 0 bridgehead atoms. The Balaban J connectivity index is 2.18. The molecule has 1 aliphatic heterocycles. The molecule has 0 aliphatic carbocycles. The summed E-state index contributed by atoms with van der Waals surface area (Å²) in [6, 6.07) is 3.58. The van der Waals surface area contributed by atoms with Crippen LogP contribution in [-0.4, -0.2) is 24.2 Å². The lowest BCUT2D eigenvalue weighted by Crippen LogP contribution is -2.37. The van der Waals surface area contributed by atoms with Gasteiger partial charge < -0.3 is 10.6 Å². The summed E-state index contributed by atoms with van der Waals surface area (Å²) in [4.78, 5) is 6.09. The Kier molecular flexibility index (Phi) is 2.52. The summed E-state index contributed by atoms with van der Waals surface area (Å²) in [6.07, 6.45) is 2.47. The van der Waals surface area contributed by atoms with Crippen LogP contribution in [0.25, 0.3) is 0 Å². The van der Waals surface area contributed by atoms with E-state index in [4.69, 9.17) is 5.73 Å². The highest BCUT2D eigenvalue weighted by Crippen LogP contribution is 2.23. The van der Waals surface area contributed by atoms with Gasteiger partial charge in [-0.05, 0) is 25.0 Å². The highest BCUT2D eigenvalue weighted by atomic mass is 19.1. The van der Waals surface area contributed by atoms with Gasteiger partial charge in [0.25, 0.3) is 0 Å². The maximum absolute atomic E-state index is 13.1. The van der Waals surface area contributed by atoms with Crippen molar-refractivity contribution in [3.8, 4) is 0 Å². The minimum absolute atomic E-state index is 0.418. The van der Waals surface area contributed by atoms with Crippen LogP contribution in [0.15, 0.2) is 18.3 Å². The number of halogens is 1. The molecular formula is C10H14FN3. The smallest absolute Gasteiger partial charge is 0.151 e. The van der Waals surface area contributed by atoms with Crippen LogP contribution in [-0.2, 0) is 0 Å². The van der Waals surface area contributed by atoms with Crippen molar-refractivity contribution in [2.75, 3.05) is 23.7 Å². The van der Waals surface area contributed by atoms with Gasteiger partial charge in [-0.25, -0.2) is 9.37 Å². The van der Waals surface area contributed by atoms with E-state index in [1.165, 1.54) is 0 Å². The Hall–Kier alpha value is -1.32. The fourth-order valence-electron chi connectivity index (χ4n) is 1.79. The monoisotopic (exact) mass is 195 g/mol. The standard InChI is InChI=1S/C10H14FN3/c11-8-3-2-6-14(7-8)10-9(12)4-1-5-13-10/h1,4-5,8H,2-3,6-7,12H2. The maximum Gasteiger partial charge on any atom is 0.151 e. The Morgan fingerprint density at radius 2 is 2.43 bits per heavy atom. The van der Waals surface area contributed by atoms with Gasteiger partial charge in [-0.3, -0.25) is 0 Å². The Morgan fingerprint density at radius 1 is 1.57 bits per heavy atom. The topological polar surface area (TPSA) is 42.1 Å². The van der Waals surface area contributed by atoms with Crippen LogP contribution >= 0.6 is 0 Å². The van der Waals surface area contributed by atoms with E-state index in [1.54, 1.807) is 18.3 Å². The van der Waals surface area contributed by atoms with Crippen molar-refractivity contribution in [2.45, 2.75) is 19.0 Å². The largest absolute Gasteiger partial charge is 0.396 e. The first-order chi connectivity index (χ1) is 6.77. The van der Waals surface area contributed by atoms with E-state index in [1.807, 2.05) is 4.90 Å². The molecule has 1 aromatic rings. The van der Waals surface area contributed by atoms with Crippen LogP contribution in [0.1, 0.15) is 12.8 Å². The van der Waals surface area contributed by atoms with Crippen LogP contribution in [0.4, 0.5) is 15.9 Å². The van der Waals surface area contributed by atoms with Crippen molar-refractivity contribution in [3.05, 3.63) is 18.3 Å². The second-order valence-corrected chi connectivity index (χ2v) is 3.60. The third-order valence-electron chi connectivity index (χ3n) is 2.48. The van der Waals surface area contributed by atoms with E-state index in [-0.39, 0.29) is 0 Å². The molecule has 2 heterocycles. The molecule has 0 radical (unpaired) electrons. The molecule has 0 spiro atoms. The van der Waals surface area contributed by atoms with Crippen molar-refractivity contribution in [3.63, 3.8) is 0 Å². The molecule has 76 valence electrons. The maximum atomic E-state index is 13.1. The quantitative estimate of drug-likeness (QED) is 0.740. The minimum Gasteiger partial charge on any atom is -0.396 e. The molecule has 2 rings (SSSR count). The van der Waals surface area contributed by atoms with E-state index in [0.29, 0.717) is 18.7 Å². The van der Waals surface area contributed by atoms with Gasteiger partial charge in [-0.1, -0.05) is 0 Å². The number of piperidine rings is 1. The fraction of sp³-hybridized carbons (Fsp3) is 0.500. The minimum atomic E-state index is -0.745. The molecular weight excluding hydrogens is 181 g/mol. The van der Waals surface area contributed by atoms with Crippen molar-refractivity contribution in [1.29, 1.82) is 0 Å². The van der Waals surface area contributed by atoms with E-state index in [0.717, 1.165) is 18.8 Å². The predicted octanol–water partition coefficient (Wildman–Crippen LogP) is 1.60. The SMILES string of the molecule is Nc1cccnc1N1CCCC(F)C1. The number of pyridine rings is 1. The van der Waals surface area contributed by atoms with Gasteiger partial charge in [0.2, 0.25) is 0 Å². The number of hydrogen-bond acceptors (Lipinski definition) is 3. The molecule has 1 aliphatic rings. The molecule has 1 unspecified atom stereocenters. The van der Waals surface area contributed by atoms with Gasteiger partial charge in [-0.15, -0.1) is 0 Å².